The third-order valence-electron chi connectivity index (χ3n) is 2.57. The molecule has 0 aliphatic carbocycles. The van der Waals surface area contributed by atoms with E-state index >= 15 is 0 Å². The number of nitrogens with zero attached hydrogens (tertiary/aromatic N) is 6. The zero-order valence-corrected chi connectivity index (χ0v) is 11.2. The Labute approximate surface area is 118 Å². The fourth-order valence-electron chi connectivity index (χ4n) is 1.63. The molecule has 3 heterocycles. The summed E-state index contributed by atoms with van der Waals surface area (Å²) in [4.78, 5) is 11.9. The van der Waals surface area contributed by atoms with E-state index in [1.54, 1.807) is 28.7 Å². The summed E-state index contributed by atoms with van der Waals surface area (Å²) in [5.74, 6) is -0.292. The van der Waals surface area contributed by atoms with Crippen LogP contribution >= 0.6 is 11.3 Å². The quantitative estimate of drug-likeness (QED) is 0.753. The number of carbonyl (C=O) groups excluding carboxylic acids is 1. The van der Waals surface area contributed by atoms with Gasteiger partial charge >= 0.3 is 0 Å². The summed E-state index contributed by atoms with van der Waals surface area (Å²) in [7, 11) is 0. The molecule has 0 radical (unpaired) electrons. The number of aromatic nitrogens is 6. The SMILES string of the molecule is O=C(Nc1nncs1)c1ccn(CCn2cccn2)n1. The van der Waals surface area contributed by atoms with Crippen LogP contribution in [0.1, 0.15) is 10.5 Å². The monoisotopic (exact) mass is 289 g/mol. The molecule has 102 valence electrons. The highest BCUT2D eigenvalue weighted by molar-refractivity contribution is 7.13. The summed E-state index contributed by atoms with van der Waals surface area (Å²) < 4.78 is 3.51. The van der Waals surface area contributed by atoms with E-state index in [1.807, 2.05) is 16.9 Å². The minimum absolute atomic E-state index is 0.292. The first-order valence-electron chi connectivity index (χ1n) is 5.90. The minimum Gasteiger partial charge on any atom is -0.295 e. The molecule has 0 atom stereocenters. The Balaban J connectivity index is 1.60. The molecule has 1 N–H and O–H groups in total. The van der Waals surface area contributed by atoms with E-state index in [0.717, 1.165) is 0 Å². The first-order chi connectivity index (χ1) is 9.81. The van der Waals surface area contributed by atoms with Crippen LogP contribution in [0.25, 0.3) is 0 Å². The predicted molar refractivity (Wildman–Crippen MR) is 72.3 cm³/mol. The van der Waals surface area contributed by atoms with Crippen molar-refractivity contribution in [2.45, 2.75) is 13.1 Å². The van der Waals surface area contributed by atoms with Gasteiger partial charge in [-0.05, 0) is 12.1 Å². The molecule has 0 aliphatic rings. The van der Waals surface area contributed by atoms with Crippen molar-refractivity contribution >= 4 is 22.4 Å². The molecule has 0 aromatic carbocycles. The van der Waals surface area contributed by atoms with E-state index in [1.165, 1.54) is 11.3 Å². The number of nitrogens with one attached hydrogen (secondary N) is 1. The van der Waals surface area contributed by atoms with Crippen molar-refractivity contribution in [3.63, 3.8) is 0 Å². The lowest BCUT2D eigenvalue weighted by atomic mass is 10.4. The van der Waals surface area contributed by atoms with Crippen LogP contribution in [0.3, 0.4) is 0 Å². The van der Waals surface area contributed by atoms with Crippen molar-refractivity contribution in [3.05, 3.63) is 41.9 Å². The molecule has 0 saturated carbocycles. The molecular formula is C11H11N7OS. The number of amides is 1. The van der Waals surface area contributed by atoms with Gasteiger partial charge in [-0.15, -0.1) is 10.2 Å². The molecule has 0 saturated heterocycles. The molecule has 9 heteroatoms. The maximum atomic E-state index is 11.9. The molecule has 0 bridgehead atoms. The van der Waals surface area contributed by atoms with Gasteiger partial charge < -0.3 is 0 Å². The van der Waals surface area contributed by atoms with Gasteiger partial charge in [0.2, 0.25) is 5.13 Å². The largest absolute Gasteiger partial charge is 0.295 e. The molecule has 8 nitrogen and oxygen atoms in total. The molecular weight excluding hydrogens is 278 g/mol. The van der Waals surface area contributed by atoms with E-state index in [4.69, 9.17) is 0 Å². The predicted octanol–water partition coefficient (Wildman–Crippen LogP) is 0.884. The highest BCUT2D eigenvalue weighted by atomic mass is 32.1. The van der Waals surface area contributed by atoms with E-state index in [9.17, 15) is 4.79 Å². The third kappa shape index (κ3) is 2.88. The Kier molecular flexibility index (Phi) is 3.50. The van der Waals surface area contributed by atoms with Crippen molar-refractivity contribution in [1.29, 1.82) is 0 Å². The van der Waals surface area contributed by atoms with E-state index in [0.29, 0.717) is 23.9 Å². The summed E-state index contributed by atoms with van der Waals surface area (Å²) in [5.41, 5.74) is 1.90. The van der Waals surface area contributed by atoms with Crippen molar-refractivity contribution in [3.8, 4) is 0 Å². The van der Waals surface area contributed by atoms with Crippen molar-refractivity contribution in [1.82, 2.24) is 29.8 Å². The van der Waals surface area contributed by atoms with E-state index in [-0.39, 0.29) is 5.91 Å². The fourth-order valence-corrected chi connectivity index (χ4v) is 2.07. The van der Waals surface area contributed by atoms with Crippen LogP contribution in [0, 0.1) is 0 Å². The average molecular weight is 289 g/mol. The van der Waals surface area contributed by atoms with Gasteiger partial charge in [0.1, 0.15) is 5.51 Å². The second-order valence-corrected chi connectivity index (χ2v) is 4.76. The third-order valence-corrected chi connectivity index (χ3v) is 3.18. The minimum atomic E-state index is -0.292. The highest BCUT2D eigenvalue weighted by Crippen LogP contribution is 2.09. The summed E-state index contributed by atoms with van der Waals surface area (Å²) in [6.07, 6.45) is 5.37. The van der Waals surface area contributed by atoms with Crippen LogP contribution in [0.4, 0.5) is 5.13 Å². The molecule has 1 amide bonds. The second-order valence-electron chi connectivity index (χ2n) is 3.93. The summed E-state index contributed by atoms with van der Waals surface area (Å²) in [6.45, 7) is 1.35. The number of carbonyl (C=O) groups is 1. The molecule has 0 unspecified atom stereocenters. The second kappa shape index (κ2) is 5.61. The van der Waals surface area contributed by atoms with Crippen molar-refractivity contribution < 1.29 is 4.79 Å². The van der Waals surface area contributed by atoms with Crippen LogP contribution < -0.4 is 5.32 Å². The van der Waals surface area contributed by atoms with Crippen molar-refractivity contribution in [2.24, 2.45) is 0 Å². The van der Waals surface area contributed by atoms with Gasteiger partial charge in [0.25, 0.3) is 5.91 Å². The van der Waals surface area contributed by atoms with Crippen molar-refractivity contribution in [2.75, 3.05) is 5.32 Å². The maximum absolute atomic E-state index is 11.9. The van der Waals surface area contributed by atoms with Gasteiger partial charge in [0.15, 0.2) is 5.69 Å². The summed E-state index contributed by atoms with van der Waals surface area (Å²) in [5, 5.41) is 18.8. The topological polar surface area (TPSA) is 90.5 Å². The average Bonchev–Trinajstić information content (AvgIpc) is 3.19. The van der Waals surface area contributed by atoms with Gasteiger partial charge in [0.05, 0.1) is 13.1 Å². The highest BCUT2D eigenvalue weighted by Gasteiger charge is 2.11. The number of anilines is 1. The Morgan fingerprint density at radius 3 is 2.95 bits per heavy atom. The zero-order chi connectivity index (χ0) is 13.8. The van der Waals surface area contributed by atoms with Crippen LogP contribution in [-0.2, 0) is 13.1 Å². The maximum Gasteiger partial charge on any atom is 0.277 e. The Morgan fingerprint density at radius 1 is 1.30 bits per heavy atom. The van der Waals surface area contributed by atoms with E-state index < -0.39 is 0 Å². The molecule has 0 spiro atoms. The number of aryl methyl sites for hydroxylation is 2. The van der Waals surface area contributed by atoms with Gasteiger partial charge in [-0.2, -0.15) is 10.2 Å². The van der Waals surface area contributed by atoms with Gasteiger partial charge in [-0.25, -0.2) is 0 Å². The normalized spacial score (nSPS) is 10.6. The van der Waals surface area contributed by atoms with Gasteiger partial charge in [-0.1, -0.05) is 11.3 Å². The Bertz CT molecular complexity index is 674. The first kappa shape index (κ1) is 12.5. The summed E-state index contributed by atoms with van der Waals surface area (Å²) >= 11 is 1.26. The van der Waals surface area contributed by atoms with Crippen LogP contribution in [-0.4, -0.2) is 35.7 Å². The number of rotatable bonds is 5. The first-order valence-corrected chi connectivity index (χ1v) is 6.77. The molecule has 3 rings (SSSR count). The molecule has 3 aromatic heterocycles. The number of hydrogen-bond donors (Lipinski definition) is 1. The smallest absolute Gasteiger partial charge is 0.277 e. The van der Waals surface area contributed by atoms with Crippen LogP contribution in [0.15, 0.2) is 36.2 Å². The Hall–Kier alpha value is -2.55. The van der Waals surface area contributed by atoms with E-state index in [2.05, 4.69) is 25.7 Å². The molecule has 0 fully saturated rings. The lowest BCUT2D eigenvalue weighted by Gasteiger charge is -2.01. The fraction of sp³-hybridized carbons (Fsp3) is 0.182. The lowest BCUT2D eigenvalue weighted by Crippen LogP contribution is -2.14. The molecule has 0 aliphatic heterocycles. The standard InChI is InChI=1S/C11H11N7OS/c19-10(14-11-15-12-8-20-11)9-2-5-18(16-9)7-6-17-4-1-3-13-17/h1-5,8H,6-7H2,(H,14,15,19). The van der Waals surface area contributed by atoms with Crippen LogP contribution in [0.5, 0.6) is 0 Å². The Morgan fingerprint density at radius 2 is 2.20 bits per heavy atom. The van der Waals surface area contributed by atoms with Gasteiger partial charge in [0, 0.05) is 18.6 Å². The molecule has 3 aromatic rings. The van der Waals surface area contributed by atoms with Gasteiger partial charge in [-0.3, -0.25) is 19.5 Å². The number of hydrogen-bond acceptors (Lipinski definition) is 6. The van der Waals surface area contributed by atoms with Crippen LogP contribution in [0.2, 0.25) is 0 Å². The summed E-state index contributed by atoms with van der Waals surface area (Å²) in [6, 6.07) is 3.53. The lowest BCUT2D eigenvalue weighted by molar-refractivity contribution is 0.102. The molecule has 20 heavy (non-hydrogen) atoms. The zero-order valence-electron chi connectivity index (χ0n) is 10.4.